The van der Waals surface area contributed by atoms with E-state index in [1.54, 1.807) is 42.1 Å². The molecule has 4 rings (SSSR count). The first-order valence-electron chi connectivity index (χ1n) is 8.30. The monoisotopic (exact) mass is 383 g/mol. The van der Waals surface area contributed by atoms with Crippen LogP contribution in [0, 0.1) is 11.6 Å². The Bertz CT molecular complexity index is 1250. The van der Waals surface area contributed by atoms with Crippen LogP contribution in [0.25, 0.3) is 22.6 Å². The molecule has 0 aliphatic rings. The number of methoxy groups -OCH3 is 2. The number of rotatable bonds is 4. The number of aromatic nitrogens is 3. The summed E-state index contributed by atoms with van der Waals surface area (Å²) in [6.45, 7) is 0. The summed E-state index contributed by atoms with van der Waals surface area (Å²) in [6, 6.07) is 8.57. The summed E-state index contributed by atoms with van der Waals surface area (Å²) in [4.78, 5) is 17.2. The average molecular weight is 383 g/mol. The van der Waals surface area contributed by atoms with E-state index in [0.29, 0.717) is 17.2 Å². The maximum absolute atomic E-state index is 13.5. The zero-order valence-electron chi connectivity index (χ0n) is 15.0. The summed E-state index contributed by atoms with van der Waals surface area (Å²) in [5.74, 6) is -0.889. The number of ether oxygens (including phenoxy) is 2. The Labute approximate surface area is 158 Å². The summed E-state index contributed by atoms with van der Waals surface area (Å²) in [6.07, 6.45) is 4.80. The number of benzene rings is 2. The molecule has 4 aromatic rings. The zero-order chi connectivity index (χ0) is 19.8. The first-order chi connectivity index (χ1) is 13.5. The molecule has 142 valence electrons. The predicted octanol–water partition coefficient (Wildman–Crippen LogP) is 3.45. The molecule has 6 nitrogen and oxygen atoms in total. The molecule has 0 aliphatic heterocycles. The lowest BCUT2D eigenvalue weighted by atomic mass is 10.1. The van der Waals surface area contributed by atoms with E-state index in [-0.39, 0.29) is 11.3 Å². The largest absolute Gasteiger partial charge is 0.493 e. The maximum atomic E-state index is 13.5. The average Bonchev–Trinajstić information content (AvgIpc) is 3.15. The van der Waals surface area contributed by atoms with Crippen LogP contribution < -0.4 is 15.0 Å². The van der Waals surface area contributed by atoms with Gasteiger partial charge in [0.15, 0.2) is 23.1 Å². The van der Waals surface area contributed by atoms with Crippen LogP contribution in [0.1, 0.15) is 0 Å². The molecule has 0 saturated carbocycles. The normalized spacial score (nSPS) is 11.0. The van der Waals surface area contributed by atoms with Crippen molar-refractivity contribution in [2.45, 2.75) is 0 Å². The standard InChI is InChI=1S/C20H15F2N3O3/c1-27-17-6-3-12(9-18(17)28-2)16-11-24-7-8-25(20(26)19(24)23-16)13-4-5-14(21)15(22)10-13/h3-11H,1-2H3. The molecule has 0 N–H and O–H groups in total. The molecule has 8 heteroatoms. The predicted molar refractivity (Wildman–Crippen MR) is 99.2 cm³/mol. The SMILES string of the molecule is COc1ccc(-c2cn3ccn(-c4ccc(F)c(F)c4)c(=O)c3n2)cc1OC. The van der Waals surface area contributed by atoms with E-state index < -0.39 is 17.2 Å². The molecule has 2 heterocycles. The van der Waals surface area contributed by atoms with E-state index in [0.717, 1.165) is 17.7 Å². The van der Waals surface area contributed by atoms with Gasteiger partial charge in [0.2, 0.25) is 5.65 Å². The minimum absolute atomic E-state index is 0.150. The van der Waals surface area contributed by atoms with Crippen molar-refractivity contribution in [3.63, 3.8) is 0 Å². The molecule has 0 spiro atoms. The lowest BCUT2D eigenvalue weighted by Gasteiger charge is -2.08. The van der Waals surface area contributed by atoms with Gasteiger partial charge in [-0.25, -0.2) is 13.8 Å². The molecule has 28 heavy (non-hydrogen) atoms. The molecule has 0 saturated heterocycles. The minimum Gasteiger partial charge on any atom is -0.493 e. The number of hydrogen-bond acceptors (Lipinski definition) is 4. The number of fused-ring (bicyclic) bond motifs is 1. The van der Waals surface area contributed by atoms with Crippen molar-refractivity contribution >= 4 is 5.65 Å². The smallest absolute Gasteiger partial charge is 0.298 e. The molecular weight excluding hydrogens is 368 g/mol. The van der Waals surface area contributed by atoms with Crippen molar-refractivity contribution in [1.29, 1.82) is 0 Å². The minimum atomic E-state index is -1.03. The van der Waals surface area contributed by atoms with Crippen molar-refractivity contribution in [2.24, 2.45) is 0 Å². The Morgan fingerprint density at radius 3 is 2.43 bits per heavy atom. The van der Waals surface area contributed by atoms with Crippen LogP contribution in [0.5, 0.6) is 11.5 Å². The van der Waals surface area contributed by atoms with E-state index in [4.69, 9.17) is 9.47 Å². The van der Waals surface area contributed by atoms with Crippen molar-refractivity contribution < 1.29 is 18.3 Å². The van der Waals surface area contributed by atoms with Crippen molar-refractivity contribution in [3.8, 4) is 28.4 Å². The van der Waals surface area contributed by atoms with Gasteiger partial charge < -0.3 is 13.9 Å². The zero-order valence-corrected chi connectivity index (χ0v) is 15.0. The lowest BCUT2D eigenvalue weighted by Crippen LogP contribution is -2.20. The highest BCUT2D eigenvalue weighted by Gasteiger charge is 2.13. The Morgan fingerprint density at radius 2 is 1.71 bits per heavy atom. The van der Waals surface area contributed by atoms with Crippen LogP contribution in [0.3, 0.4) is 0 Å². The van der Waals surface area contributed by atoms with Gasteiger partial charge >= 0.3 is 0 Å². The lowest BCUT2D eigenvalue weighted by molar-refractivity contribution is 0.355. The highest BCUT2D eigenvalue weighted by atomic mass is 19.2. The van der Waals surface area contributed by atoms with Crippen molar-refractivity contribution in [3.05, 3.63) is 77.0 Å². The number of imidazole rings is 1. The highest BCUT2D eigenvalue weighted by molar-refractivity contribution is 5.66. The van der Waals surface area contributed by atoms with Crippen LogP contribution in [0.4, 0.5) is 8.78 Å². The van der Waals surface area contributed by atoms with Crippen LogP contribution in [-0.4, -0.2) is 28.2 Å². The topological polar surface area (TPSA) is 57.8 Å². The van der Waals surface area contributed by atoms with Gasteiger partial charge in [-0.15, -0.1) is 0 Å². The summed E-state index contributed by atoms with van der Waals surface area (Å²) >= 11 is 0. The molecule has 2 aromatic carbocycles. The van der Waals surface area contributed by atoms with Gasteiger partial charge in [0, 0.05) is 30.2 Å². The van der Waals surface area contributed by atoms with Crippen LogP contribution in [-0.2, 0) is 0 Å². The molecule has 0 bridgehead atoms. The van der Waals surface area contributed by atoms with Gasteiger partial charge in [-0.05, 0) is 30.3 Å². The van der Waals surface area contributed by atoms with Crippen molar-refractivity contribution in [2.75, 3.05) is 14.2 Å². The molecule has 0 atom stereocenters. The Balaban J connectivity index is 1.83. The maximum Gasteiger partial charge on any atom is 0.298 e. The van der Waals surface area contributed by atoms with Crippen LogP contribution in [0.15, 0.2) is 59.8 Å². The second-order valence-electron chi connectivity index (χ2n) is 6.00. The van der Waals surface area contributed by atoms with Crippen LogP contribution >= 0.6 is 0 Å². The summed E-state index contributed by atoms with van der Waals surface area (Å²) in [7, 11) is 3.08. The molecule has 0 unspecified atom stereocenters. The third-order valence-corrected chi connectivity index (χ3v) is 4.38. The highest BCUT2D eigenvalue weighted by Crippen LogP contribution is 2.31. The second kappa shape index (κ2) is 6.80. The third kappa shape index (κ3) is 2.88. The quantitative estimate of drug-likeness (QED) is 0.542. The molecule has 0 fully saturated rings. The fourth-order valence-corrected chi connectivity index (χ4v) is 2.95. The molecule has 2 aromatic heterocycles. The van der Waals surface area contributed by atoms with Gasteiger partial charge in [0.25, 0.3) is 5.56 Å². The Morgan fingerprint density at radius 1 is 0.929 bits per heavy atom. The van der Waals surface area contributed by atoms with Crippen molar-refractivity contribution in [1.82, 2.24) is 14.0 Å². The summed E-state index contributed by atoms with van der Waals surface area (Å²) in [5, 5.41) is 0. The summed E-state index contributed by atoms with van der Waals surface area (Å²) < 4.78 is 40.0. The number of nitrogens with zero attached hydrogens (tertiary/aromatic N) is 3. The first kappa shape index (κ1) is 17.7. The molecule has 0 aliphatic carbocycles. The van der Waals surface area contributed by atoms with Gasteiger partial charge in [0.1, 0.15) is 0 Å². The Hall–Kier alpha value is -3.68. The molecular formula is C20H15F2N3O3. The first-order valence-corrected chi connectivity index (χ1v) is 8.30. The summed E-state index contributed by atoms with van der Waals surface area (Å²) in [5.41, 5.74) is 1.19. The van der Waals surface area contributed by atoms with Gasteiger partial charge in [-0.2, -0.15) is 0 Å². The van der Waals surface area contributed by atoms with Gasteiger partial charge in [0.05, 0.1) is 25.6 Å². The van der Waals surface area contributed by atoms with Gasteiger partial charge in [-0.1, -0.05) is 0 Å². The van der Waals surface area contributed by atoms with E-state index in [2.05, 4.69) is 4.98 Å². The molecule has 0 amide bonds. The Kier molecular flexibility index (Phi) is 4.31. The number of hydrogen-bond donors (Lipinski definition) is 0. The van der Waals surface area contributed by atoms with Gasteiger partial charge in [-0.3, -0.25) is 9.36 Å². The van der Waals surface area contributed by atoms with E-state index in [9.17, 15) is 13.6 Å². The third-order valence-electron chi connectivity index (χ3n) is 4.38. The van der Waals surface area contributed by atoms with Crippen LogP contribution in [0.2, 0.25) is 0 Å². The second-order valence-corrected chi connectivity index (χ2v) is 6.00. The van der Waals surface area contributed by atoms with E-state index in [1.807, 2.05) is 0 Å². The fraction of sp³-hybridized carbons (Fsp3) is 0.100. The van der Waals surface area contributed by atoms with E-state index in [1.165, 1.54) is 23.9 Å². The molecule has 0 radical (unpaired) electrons. The number of halogens is 2. The fourth-order valence-electron chi connectivity index (χ4n) is 2.95. The van der Waals surface area contributed by atoms with E-state index >= 15 is 0 Å².